The number of hydrogen-bond acceptors (Lipinski definition) is 3. The summed E-state index contributed by atoms with van der Waals surface area (Å²) in [6.45, 7) is 4.20. The number of amides is 1. The molecule has 25 heavy (non-hydrogen) atoms. The average Bonchev–Trinajstić information content (AvgIpc) is 3.36. The second kappa shape index (κ2) is 6.82. The van der Waals surface area contributed by atoms with E-state index in [2.05, 4.69) is 34.2 Å². The van der Waals surface area contributed by atoms with E-state index in [4.69, 9.17) is 4.98 Å². The van der Waals surface area contributed by atoms with Crippen molar-refractivity contribution >= 4 is 5.91 Å². The number of carbonyl (C=O) groups is 1. The standard InChI is InChI=1S/C20H24N4O/c1-2-10-21-20(25)18-15-9-8-14(12-15)17(18)19-22-16(23-24-19)11-13-6-4-3-5-7-13/h2-7,14-15,17-18H,1,8-12H2,(H,21,25)(H,22,23,24)/t14-,15+,17+,18-/m0/s1. The largest absolute Gasteiger partial charge is 0.352 e. The van der Waals surface area contributed by atoms with E-state index >= 15 is 0 Å². The summed E-state index contributed by atoms with van der Waals surface area (Å²) in [5.41, 5.74) is 1.21. The van der Waals surface area contributed by atoms with Crippen molar-refractivity contribution in [3.63, 3.8) is 0 Å². The summed E-state index contributed by atoms with van der Waals surface area (Å²) in [4.78, 5) is 17.4. The van der Waals surface area contributed by atoms with E-state index in [9.17, 15) is 4.79 Å². The average molecular weight is 336 g/mol. The molecule has 0 spiro atoms. The molecule has 0 radical (unpaired) electrons. The second-order valence-electron chi connectivity index (χ2n) is 7.22. The van der Waals surface area contributed by atoms with Crippen molar-refractivity contribution in [1.29, 1.82) is 0 Å². The van der Waals surface area contributed by atoms with Crippen LogP contribution in [0.25, 0.3) is 0 Å². The zero-order chi connectivity index (χ0) is 17.2. The van der Waals surface area contributed by atoms with Crippen LogP contribution in [0.4, 0.5) is 0 Å². The maximum absolute atomic E-state index is 12.7. The van der Waals surface area contributed by atoms with Crippen LogP contribution in [0, 0.1) is 17.8 Å². The summed E-state index contributed by atoms with van der Waals surface area (Å²) in [6.07, 6.45) is 5.92. The third-order valence-electron chi connectivity index (χ3n) is 5.70. The molecule has 2 aromatic rings. The number of aromatic nitrogens is 3. The Balaban J connectivity index is 1.53. The van der Waals surface area contributed by atoms with Gasteiger partial charge in [0, 0.05) is 18.9 Å². The number of nitrogens with zero attached hydrogens (tertiary/aromatic N) is 2. The normalized spacial score (nSPS) is 27.4. The van der Waals surface area contributed by atoms with Gasteiger partial charge in [-0.05, 0) is 36.7 Å². The lowest BCUT2D eigenvalue weighted by Crippen LogP contribution is -2.37. The van der Waals surface area contributed by atoms with Crippen LogP contribution in [0.3, 0.4) is 0 Å². The van der Waals surface area contributed by atoms with Gasteiger partial charge in [-0.3, -0.25) is 9.89 Å². The number of carbonyl (C=O) groups excluding carboxylic acids is 1. The fourth-order valence-electron chi connectivity index (χ4n) is 4.66. The fraction of sp³-hybridized carbons (Fsp3) is 0.450. The van der Waals surface area contributed by atoms with Crippen molar-refractivity contribution in [2.24, 2.45) is 17.8 Å². The molecule has 2 bridgehead atoms. The number of benzene rings is 1. The van der Waals surface area contributed by atoms with E-state index in [1.807, 2.05) is 18.2 Å². The van der Waals surface area contributed by atoms with Gasteiger partial charge in [0.2, 0.25) is 5.91 Å². The van der Waals surface area contributed by atoms with Crippen LogP contribution < -0.4 is 5.32 Å². The Morgan fingerprint density at radius 1 is 1.28 bits per heavy atom. The maximum Gasteiger partial charge on any atom is 0.224 e. The van der Waals surface area contributed by atoms with Gasteiger partial charge in [-0.1, -0.05) is 36.4 Å². The van der Waals surface area contributed by atoms with Crippen molar-refractivity contribution in [2.75, 3.05) is 6.54 Å². The first-order valence-corrected chi connectivity index (χ1v) is 9.10. The second-order valence-corrected chi connectivity index (χ2v) is 7.22. The monoisotopic (exact) mass is 336 g/mol. The van der Waals surface area contributed by atoms with Crippen LogP contribution in [-0.2, 0) is 11.2 Å². The van der Waals surface area contributed by atoms with Crippen molar-refractivity contribution in [2.45, 2.75) is 31.6 Å². The maximum atomic E-state index is 12.7. The zero-order valence-corrected chi connectivity index (χ0v) is 14.3. The summed E-state index contributed by atoms with van der Waals surface area (Å²) in [6, 6.07) is 10.2. The highest BCUT2D eigenvalue weighted by Gasteiger charge is 2.52. The number of nitrogens with one attached hydrogen (secondary N) is 2. The molecule has 0 aliphatic heterocycles. The minimum Gasteiger partial charge on any atom is -0.352 e. The fourth-order valence-corrected chi connectivity index (χ4v) is 4.66. The smallest absolute Gasteiger partial charge is 0.224 e. The Bertz CT molecular complexity index is 754. The molecule has 1 aromatic carbocycles. The Hall–Kier alpha value is -2.43. The van der Waals surface area contributed by atoms with Crippen molar-refractivity contribution in [1.82, 2.24) is 20.5 Å². The van der Waals surface area contributed by atoms with Crippen LogP contribution in [0.15, 0.2) is 43.0 Å². The molecule has 0 unspecified atom stereocenters. The third-order valence-corrected chi connectivity index (χ3v) is 5.70. The van der Waals surface area contributed by atoms with Gasteiger partial charge in [-0.15, -0.1) is 6.58 Å². The molecule has 5 nitrogen and oxygen atoms in total. The van der Waals surface area contributed by atoms with Crippen molar-refractivity contribution in [3.8, 4) is 0 Å². The molecule has 5 heteroatoms. The summed E-state index contributed by atoms with van der Waals surface area (Å²) in [7, 11) is 0. The molecule has 2 N–H and O–H groups in total. The minimum atomic E-state index is -0.000856. The van der Waals surface area contributed by atoms with Gasteiger partial charge in [0.15, 0.2) is 5.82 Å². The number of H-pyrrole nitrogens is 1. The van der Waals surface area contributed by atoms with Crippen molar-refractivity contribution in [3.05, 3.63) is 60.2 Å². The minimum absolute atomic E-state index is 0.000856. The first-order valence-electron chi connectivity index (χ1n) is 9.10. The van der Waals surface area contributed by atoms with Crippen LogP contribution in [-0.4, -0.2) is 27.6 Å². The third kappa shape index (κ3) is 3.11. The zero-order valence-electron chi connectivity index (χ0n) is 14.3. The molecule has 1 amide bonds. The molecule has 1 aromatic heterocycles. The van der Waals surface area contributed by atoms with Crippen LogP contribution >= 0.6 is 0 Å². The van der Waals surface area contributed by atoms with Gasteiger partial charge >= 0.3 is 0 Å². The molecular weight excluding hydrogens is 312 g/mol. The number of hydrogen-bond donors (Lipinski definition) is 2. The van der Waals surface area contributed by atoms with E-state index < -0.39 is 0 Å². The molecular formula is C20H24N4O. The highest BCUT2D eigenvalue weighted by Crippen LogP contribution is 2.56. The molecule has 2 saturated carbocycles. The SMILES string of the molecule is C=CCNC(=O)[C@H]1[C@@H]2CC[C@@H](C2)[C@H]1c1n[nH]c(Cc2ccccc2)n1. The van der Waals surface area contributed by atoms with Crippen LogP contribution in [0.1, 0.15) is 42.4 Å². The molecule has 4 rings (SSSR count). The van der Waals surface area contributed by atoms with Crippen LogP contribution in [0.5, 0.6) is 0 Å². The quantitative estimate of drug-likeness (QED) is 0.797. The van der Waals surface area contributed by atoms with E-state index in [0.29, 0.717) is 18.4 Å². The summed E-state index contributed by atoms with van der Waals surface area (Å²) in [5.74, 6) is 2.96. The summed E-state index contributed by atoms with van der Waals surface area (Å²) in [5, 5.41) is 10.6. The lowest BCUT2D eigenvalue weighted by molar-refractivity contribution is -0.127. The first-order chi connectivity index (χ1) is 12.3. The van der Waals surface area contributed by atoms with E-state index in [0.717, 1.165) is 30.9 Å². The van der Waals surface area contributed by atoms with Crippen LogP contribution in [0.2, 0.25) is 0 Å². The number of rotatable bonds is 6. The Morgan fingerprint density at radius 2 is 2.08 bits per heavy atom. The highest BCUT2D eigenvalue weighted by molar-refractivity contribution is 5.80. The Labute approximate surface area is 147 Å². The van der Waals surface area contributed by atoms with E-state index in [-0.39, 0.29) is 17.7 Å². The topological polar surface area (TPSA) is 70.7 Å². The molecule has 2 aliphatic carbocycles. The lowest BCUT2D eigenvalue weighted by Gasteiger charge is -2.28. The molecule has 4 atom stereocenters. The van der Waals surface area contributed by atoms with Gasteiger partial charge in [-0.2, -0.15) is 5.10 Å². The van der Waals surface area contributed by atoms with Gasteiger partial charge in [-0.25, -0.2) is 4.98 Å². The molecule has 0 saturated heterocycles. The van der Waals surface area contributed by atoms with Gasteiger partial charge < -0.3 is 5.32 Å². The van der Waals surface area contributed by atoms with E-state index in [1.165, 1.54) is 12.0 Å². The lowest BCUT2D eigenvalue weighted by atomic mass is 9.78. The predicted molar refractivity (Wildman–Crippen MR) is 95.9 cm³/mol. The first kappa shape index (κ1) is 16.1. The molecule has 130 valence electrons. The predicted octanol–water partition coefficient (Wildman–Crippen LogP) is 2.83. The van der Waals surface area contributed by atoms with Gasteiger partial charge in [0.05, 0.1) is 5.92 Å². The van der Waals surface area contributed by atoms with E-state index in [1.54, 1.807) is 6.08 Å². The van der Waals surface area contributed by atoms with Gasteiger partial charge in [0.1, 0.15) is 5.82 Å². The highest BCUT2D eigenvalue weighted by atomic mass is 16.1. The molecule has 1 heterocycles. The Kier molecular flexibility index (Phi) is 4.38. The number of fused-ring (bicyclic) bond motifs is 2. The summed E-state index contributed by atoms with van der Waals surface area (Å²) < 4.78 is 0. The van der Waals surface area contributed by atoms with Gasteiger partial charge in [0.25, 0.3) is 0 Å². The Morgan fingerprint density at radius 3 is 2.88 bits per heavy atom. The molecule has 2 fully saturated rings. The summed E-state index contributed by atoms with van der Waals surface area (Å²) >= 11 is 0. The number of aromatic amines is 1. The molecule has 2 aliphatic rings. The van der Waals surface area contributed by atoms with Crippen molar-refractivity contribution < 1.29 is 4.79 Å².